The van der Waals surface area contributed by atoms with Crippen molar-refractivity contribution in [1.82, 2.24) is 10.6 Å². The molecular formula is C44H59ClN2O10. The average Bonchev–Trinajstić information content (AvgIpc) is 3.17. The first-order valence-electron chi connectivity index (χ1n) is 20.5. The van der Waals surface area contributed by atoms with Gasteiger partial charge in [0, 0.05) is 37.1 Å². The summed E-state index contributed by atoms with van der Waals surface area (Å²) in [5.74, 6) is -3.18. The molecule has 2 aliphatic carbocycles. The van der Waals surface area contributed by atoms with E-state index in [2.05, 4.69) is 22.8 Å². The van der Waals surface area contributed by atoms with Crippen LogP contribution in [0.15, 0.2) is 24.3 Å². The average molecular weight is 811 g/mol. The highest BCUT2D eigenvalue weighted by Crippen LogP contribution is 2.42. The van der Waals surface area contributed by atoms with E-state index in [4.69, 9.17) is 40.0 Å². The van der Waals surface area contributed by atoms with E-state index in [1.54, 1.807) is 0 Å². The lowest BCUT2D eigenvalue weighted by Crippen LogP contribution is -2.61. The fourth-order valence-corrected chi connectivity index (χ4v) is 9.33. The number of ether oxygens (including phenoxy) is 6. The Balaban J connectivity index is 1.07. The second kappa shape index (κ2) is 18.2. The van der Waals surface area contributed by atoms with Gasteiger partial charge in [-0.25, -0.2) is 9.59 Å². The molecule has 0 aromatic heterocycles. The van der Waals surface area contributed by atoms with Gasteiger partial charge in [-0.2, -0.15) is 0 Å². The molecule has 0 radical (unpaired) electrons. The maximum Gasteiger partial charge on any atom is 0.331 e. The molecular weight excluding hydrogens is 752 g/mol. The predicted molar refractivity (Wildman–Crippen MR) is 213 cm³/mol. The van der Waals surface area contributed by atoms with Crippen molar-refractivity contribution in [3.8, 4) is 0 Å². The van der Waals surface area contributed by atoms with Crippen molar-refractivity contribution in [1.29, 1.82) is 0 Å². The molecule has 4 aliphatic rings. The molecule has 6 rings (SSSR count). The van der Waals surface area contributed by atoms with E-state index in [0.29, 0.717) is 70.0 Å². The number of aryl methyl sites for hydroxylation is 5. The SMILES string of the molecule is Cc1cc(C)c(CC(=O)NC2(C(=O)OCCCOC(=O)C3(NC(=O)Cc4c(C)cc(Cl)cc4C)CCC4(CC3)OCCCO4)CCC3(CC2)OCCCO3)c(C)c1. The lowest BCUT2D eigenvalue weighted by atomic mass is 9.78. The van der Waals surface area contributed by atoms with Gasteiger partial charge in [-0.05, 0) is 119 Å². The molecule has 2 spiro atoms. The van der Waals surface area contributed by atoms with Crippen molar-refractivity contribution < 1.29 is 47.6 Å². The van der Waals surface area contributed by atoms with Gasteiger partial charge >= 0.3 is 11.9 Å². The van der Waals surface area contributed by atoms with Crippen LogP contribution in [-0.2, 0) is 60.4 Å². The van der Waals surface area contributed by atoms with Gasteiger partial charge in [0.2, 0.25) is 11.8 Å². The number of carbonyl (C=O) groups is 4. The van der Waals surface area contributed by atoms with E-state index >= 15 is 0 Å². The number of amides is 2. The third-order valence-corrected chi connectivity index (χ3v) is 12.5. The Morgan fingerprint density at radius 1 is 0.579 bits per heavy atom. The second-order valence-electron chi connectivity index (χ2n) is 16.6. The van der Waals surface area contributed by atoms with Crippen molar-refractivity contribution >= 4 is 35.4 Å². The van der Waals surface area contributed by atoms with E-state index in [1.807, 2.05) is 46.8 Å². The summed E-state index contributed by atoms with van der Waals surface area (Å²) < 4.78 is 35.8. The molecule has 2 aliphatic heterocycles. The number of esters is 2. The second-order valence-corrected chi connectivity index (χ2v) is 17.0. The summed E-state index contributed by atoms with van der Waals surface area (Å²) in [5.41, 5.74) is 4.23. The molecule has 0 unspecified atom stereocenters. The standard InChI is InChI=1S/C44H59ClN2O10/c1-29-23-30(2)35(31(3)24-29)27-37(48)46-41(9-13-43(14-10-41)54-19-7-20-55-43)39(50)52-17-6-18-53-40(51)42(11-15-44(16-12-42)56-21-8-22-57-44)47-38(49)28-36-32(4)25-34(45)26-33(36)5/h23-26H,6-22,27-28H2,1-5H3,(H,46,48)(H,47,49). The Morgan fingerprint density at radius 3 is 1.30 bits per heavy atom. The topological polar surface area (TPSA) is 148 Å². The summed E-state index contributed by atoms with van der Waals surface area (Å²) in [6.07, 6.45) is 4.94. The zero-order chi connectivity index (χ0) is 40.8. The molecule has 13 heteroatoms. The summed E-state index contributed by atoms with van der Waals surface area (Å²) in [5, 5.41) is 6.72. The van der Waals surface area contributed by atoms with Gasteiger partial charge in [-0.15, -0.1) is 0 Å². The van der Waals surface area contributed by atoms with Crippen LogP contribution in [0.5, 0.6) is 0 Å². The minimum atomic E-state index is -1.28. The molecule has 4 fully saturated rings. The zero-order valence-electron chi connectivity index (χ0n) is 34.2. The third-order valence-electron chi connectivity index (χ3n) is 12.2. The molecule has 0 bridgehead atoms. The molecule has 2 saturated carbocycles. The predicted octanol–water partition coefficient (Wildman–Crippen LogP) is 6.27. The molecule has 312 valence electrons. The summed E-state index contributed by atoms with van der Waals surface area (Å²) in [6, 6.07) is 7.75. The van der Waals surface area contributed by atoms with E-state index in [-0.39, 0.29) is 57.1 Å². The number of halogens is 1. The van der Waals surface area contributed by atoms with E-state index in [9.17, 15) is 19.2 Å². The Morgan fingerprint density at radius 2 is 0.930 bits per heavy atom. The molecule has 2 heterocycles. The first-order chi connectivity index (χ1) is 27.2. The van der Waals surface area contributed by atoms with Gasteiger partial charge in [-0.3, -0.25) is 9.59 Å². The van der Waals surface area contributed by atoms with Crippen molar-refractivity contribution in [2.24, 2.45) is 0 Å². The van der Waals surface area contributed by atoms with Gasteiger partial charge in [0.05, 0.1) is 52.5 Å². The summed E-state index contributed by atoms with van der Waals surface area (Å²) in [4.78, 5) is 55.1. The fourth-order valence-electron chi connectivity index (χ4n) is 9.00. The Labute approximate surface area is 341 Å². The van der Waals surface area contributed by atoms with Crippen molar-refractivity contribution in [3.63, 3.8) is 0 Å². The molecule has 0 atom stereocenters. The summed E-state index contributed by atoms with van der Waals surface area (Å²) in [6.45, 7) is 12.1. The van der Waals surface area contributed by atoms with Gasteiger partial charge in [0.15, 0.2) is 11.6 Å². The van der Waals surface area contributed by atoms with Crippen LogP contribution in [0, 0.1) is 34.6 Å². The van der Waals surface area contributed by atoms with Crippen LogP contribution in [0.25, 0.3) is 0 Å². The lowest BCUT2D eigenvalue weighted by Gasteiger charge is -2.46. The first-order valence-corrected chi connectivity index (χ1v) is 20.9. The van der Waals surface area contributed by atoms with Crippen LogP contribution in [-0.4, -0.2) is 86.0 Å². The van der Waals surface area contributed by atoms with Crippen LogP contribution in [0.2, 0.25) is 5.02 Å². The lowest BCUT2D eigenvalue weighted by molar-refractivity contribution is -0.284. The molecule has 2 amide bonds. The number of nitrogens with one attached hydrogen (secondary N) is 2. The maximum absolute atomic E-state index is 13.9. The molecule has 2 saturated heterocycles. The van der Waals surface area contributed by atoms with Crippen molar-refractivity contribution in [3.05, 3.63) is 68.2 Å². The van der Waals surface area contributed by atoms with Gasteiger partial charge in [-0.1, -0.05) is 29.3 Å². The highest BCUT2D eigenvalue weighted by molar-refractivity contribution is 6.30. The van der Waals surface area contributed by atoms with Gasteiger partial charge in [0.25, 0.3) is 0 Å². The van der Waals surface area contributed by atoms with Gasteiger partial charge < -0.3 is 39.1 Å². The maximum atomic E-state index is 13.9. The quantitative estimate of drug-likeness (QED) is 0.186. The highest BCUT2D eigenvalue weighted by atomic mass is 35.5. The number of carbonyl (C=O) groups excluding carboxylic acids is 4. The van der Waals surface area contributed by atoms with Crippen LogP contribution in [0.1, 0.15) is 110 Å². The minimum Gasteiger partial charge on any atom is -0.464 e. The van der Waals surface area contributed by atoms with Crippen molar-refractivity contribution in [2.45, 2.75) is 141 Å². The molecule has 2 aromatic rings. The Bertz CT molecular complexity index is 1620. The highest BCUT2D eigenvalue weighted by Gasteiger charge is 2.52. The molecule has 2 aromatic carbocycles. The number of hydrogen-bond donors (Lipinski definition) is 2. The van der Waals surface area contributed by atoms with E-state index in [1.165, 1.54) is 0 Å². The smallest absolute Gasteiger partial charge is 0.331 e. The van der Waals surface area contributed by atoms with Gasteiger partial charge in [0.1, 0.15) is 11.1 Å². The fraction of sp³-hybridized carbons (Fsp3) is 0.636. The Hall–Kier alpha value is -3.55. The number of hydrogen-bond acceptors (Lipinski definition) is 10. The largest absolute Gasteiger partial charge is 0.464 e. The normalized spacial score (nSPS) is 22.4. The number of benzene rings is 2. The van der Waals surface area contributed by atoms with Crippen LogP contribution in [0.4, 0.5) is 0 Å². The number of rotatable bonds is 12. The monoisotopic (exact) mass is 810 g/mol. The first kappa shape index (κ1) is 43.0. The minimum absolute atomic E-state index is 0.0304. The van der Waals surface area contributed by atoms with Crippen LogP contribution in [0.3, 0.4) is 0 Å². The van der Waals surface area contributed by atoms with Crippen molar-refractivity contribution in [2.75, 3.05) is 39.6 Å². The summed E-state index contributed by atoms with van der Waals surface area (Å²) in [7, 11) is 0. The van der Waals surface area contributed by atoms with E-state index < -0.39 is 34.6 Å². The third kappa shape index (κ3) is 10.2. The van der Waals surface area contributed by atoms with E-state index in [0.717, 1.165) is 51.8 Å². The van der Waals surface area contributed by atoms with Crippen LogP contribution < -0.4 is 10.6 Å². The zero-order valence-corrected chi connectivity index (χ0v) is 35.0. The Kier molecular flexibility index (Phi) is 13.7. The van der Waals surface area contributed by atoms with Crippen LogP contribution >= 0.6 is 11.6 Å². The molecule has 2 N–H and O–H groups in total. The molecule has 12 nitrogen and oxygen atoms in total. The summed E-state index contributed by atoms with van der Waals surface area (Å²) >= 11 is 6.23. The molecule has 57 heavy (non-hydrogen) atoms.